The summed E-state index contributed by atoms with van der Waals surface area (Å²) in [4.78, 5) is 8.54. The van der Waals surface area contributed by atoms with Crippen molar-refractivity contribution in [2.24, 2.45) is 0 Å². The summed E-state index contributed by atoms with van der Waals surface area (Å²) in [7, 11) is 0. The normalized spacial score (nSPS) is 28.9. The van der Waals surface area contributed by atoms with Gasteiger partial charge in [0.1, 0.15) is 34.9 Å². The molecule has 0 radical (unpaired) electrons. The second-order valence-electron chi connectivity index (χ2n) is 9.40. The first-order chi connectivity index (χ1) is 17.2. The first-order valence-electron chi connectivity index (χ1n) is 11.3. The third-order valence-electron chi connectivity index (χ3n) is 6.68. The SMILES string of the molecule is CSC(=S)O[C@H](c1ccc2c(c1)OCO2)[C@H]1O[C@@H](n2ccc3c(Cl)ncnc32)[C@@H]2OC(C)(C)O[C@]12C. The number of thioether (sulfide) groups is 1. The average Bonchev–Trinajstić information content (AvgIpc) is 3.58. The molecule has 0 saturated carbocycles. The molecule has 0 aliphatic carbocycles. The van der Waals surface area contributed by atoms with E-state index in [2.05, 4.69) is 9.97 Å². The van der Waals surface area contributed by atoms with Crippen LogP contribution < -0.4 is 9.47 Å². The van der Waals surface area contributed by atoms with Gasteiger partial charge in [-0.1, -0.05) is 29.4 Å². The minimum atomic E-state index is -0.892. The molecule has 190 valence electrons. The Morgan fingerprint density at radius 2 is 2.03 bits per heavy atom. The highest BCUT2D eigenvalue weighted by Gasteiger charge is 2.66. The lowest BCUT2D eigenvalue weighted by Gasteiger charge is -2.34. The summed E-state index contributed by atoms with van der Waals surface area (Å²) in [6.45, 7) is 5.93. The Morgan fingerprint density at radius 3 is 2.83 bits per heavy atom. The van der Waals surface area contributed by atoms with E-state index in [1.165, 1.54) is 18.1 Å². The standard InChI is InChI=1S/C24H24ClN3O6S2/c1-23(2)33-18-21(28-8-7-13-19(25)26-10-27-20(13)28)32-17(24(18,3)34-23)16(31-22(35)36-4)12-5-6-14-15(9-12)30-11-29-14/h5-10,16-18,21H,11H2,1-4H3/t16-,17-,18+,21-,24-/m1/s1. The molecular formula is C24H24ClN3O6S2. The molecule has 2 saturated heterocycles. The Balaban J connectivity index is 1.46. The van der Waals surface area contributed by atoms with Gasteiger partial charge in [0.25, 0.3) is 0 Å². The van der Waals surface area contributed by atoms with Crippen LogP contribution in [0.15, 0.2) is 36.8 Å². The summed E-state index contributed by atoms with van der Waals surface area (Å²) >= 11 is 13.1. The molecule has 5 atom stereocenters. The lowest BCUT2D eigenvalue weighted by molar-refractivity contribution is -0.221. The third kappa shape index (κ3) is 3.84. The zero-order valence-corrected chi connectivity index (χ0v) is 22.4. The van der Waals surface area contributed by atoms with Crippen molar-refractivity contribution in [3.8, 4) is 11.5 Å². The average molecular weight is 550 g/mol. The first kappa shape index (κ1) is 24.2. The van der Waals surface area contributed by atoms with E-state index in [-0.39, 0.29) is 6.79 Å². The van der Waals surface area contributed by atoms with E-state index in [1.807, 2.05) is 62.1 Å². The summed E-state index contributed by atoms with van der Waals surface area (Å²) in [6.07, 6.45) is 2.89. The van der Waals surface area contributed by atoms with E-state index in [0.29, 0.717) is 26.7 Å². The van der Waals surface area contributed by atoms with Crippen molar-refractivity contribution in [2.45, 2.75) is 56.7 Å². The molecule has 9 nitrogen and oxygen atoms in total. The first-order valence-corrected chi connectivity index (χ1v) is 13.4. The number of halogens is 1. The number of aromatic nitrogens is 3. The molecule has 3 aliphatic heterocycles. The monoisotopic (exact) mass is 549 g/mol. The van der Waals surface area contributed by atoms with Crippen LogP contribution in [-0.4, -0.2) is 55.6 Å². The number of thiocarbonyl (C=S) groups is 1. The molecule has 1 aromatic carbocycles. The Labute approximate surface area is 222 Å². The van der Waals surface area contributed by atoms with Crippen LogP contribution in [0.5, 0.6) is 11.5 Å². The molecule has 2 fully saturated rings. The quantitative estimate of drug-likeness (QED) is 0.326. The topological polar surface area (TPSA) is 86.1 Å². The molecule has 0 spiro atoms. The van der Waals surface area contributed by atoms with Crippen molar-refractivity contribution in [1.29, 1.82) is 0 Å². The molecule has 6 rings (SSSR count). The number of nitrogens with zero attached hydrogens (tertiary/aromatic N) is 3. The molecular weight excluding hydrogens is 526 g/mol. The van der Waals surface area contributed by atoms with Crippen molar-refractivity contribution >= 4 is 51.0 Å². The zero-order chi connectivity index (χ0) is 25.2. The van der Waals surface area contributed by atoms with Gasteiger partial charge in [-0.2, -0.15) is 0 Å². The summed E-state index contributed by atoms with van der Waals surface area (Å²) in [5, 5.41) is 1.09. The van der Waals surface area contributed by atoms with Gasteiger partial charge >= 0.3 is 0 Å². The minimum absolute atomic E-state index is 0.172. The van der Waals surface area contributed by atoms with Crippen LogP contribution in [0.4, 0.5) is 0 Å². The van der Waals surface area contributed by atoms with E-state index in [1.54, 1.807) is 0 Å². The zero-order valence-electron chi connectivity index (χ0n) is 20.0. The fourth-order valence-corrected chi connectivity index (χ4v) is 5.72. The van der Waals surface area contributed by atoms with Crippen molar-refractivity contribution in [1.82, 2.24) is 14.5 Å². The maximum atomic E-state index is 6.74. The molecule has 5 heterocycles. The van der Waals surface area contributed by atoms with Crippen molar-refractivity contribution in [2.75, 3.05) is 13.0 Å². The van der Waals surface area contributed by atoms with Crippen LogP contribution in [-0.2, 0) is 18.9 Å². The Bertz CT molecular complexity index is 1350. The molecule has 3 aromatic rings. The summed E-state index contributed by atoms with van der Waals surface area (Å²) in [5.74, 6) is 0.463. The number of fused-ring (bicyclic) bond motifs is 3. The second kappa shape index (κ2) is 8.71. The molecule has 0 bridgehead atoms. The lowest BCUT2D eigenvalue weighted by atomic mass is 9.88. The summed E-state index contributed by atoms with van der Waals surface area (Å²) in [5.41, 5.74) is 0.560. The number of hydrogen-bond donors (Lipinski definition) is 0. The van der Waals surface area contributed by atoms with Gasteiger partial charge in [-0.15, -0.1) is 0 Å². The van der Waals surface area contributed by atoms with E-state index >= 15 is 0 Å². The molecule has 36 heavy (non-hydrogen) atoms. The number of ether oxygens (including phenoxy) is 6. The van der Waals surface area contributed by atoms with Crippen molar-refractivity contribution in [3.05, 3.63) is 47.5 Å². The maximum Gasteiger partial charge on any atom is 0.231 e. The highest BCUT2D eigenvalue weighted by Crippen LogP contribution is 2.54. The van der Waals surface area contributed by atoms with Gasteiger partial charge in [0.05, 0.1) is 5.39 Å². The van der Waals surface area contributed by atoms with E-state index in [9.17, 15) is 0 Å². The van der Waals surface area contributed by atoms with E-state index < -0.39 is 35.9 Å². The third-order valence-corrected chi connectivity index (χ3v) is 8.00. The smallest absolute Gasteiger partial charge is 0.231 e. The van der Waals surface area contributed by atoms with Gasteiger partial charge in [0, 0.05) is 6.20 Å². The molecule has 0 unspecified atom stereocenters. The predicted octanol–water partition coefficient (Wildman–Crippen LogP) is 5.03. The Hall–Kier alpha value is -2.15. The lowest BCUT2D eigenvalue weighted by Crippen LogP contribution is -2.47. The second-order valence-corrected chi connectivity index (χ2v) is 11.2. The molecule has 3 aliphatic rings. The molecule has 0 N–H and O–H groups in total. The van der Waals surface area contributed by atoms with Gasteiger partial charge in [-0.05, 0) is 63.0 Å². The Kier molecular flexibility index (Phi) is 5.86. The summed E-state index contributed by atoms with van der Waals surface area (Å²) in [6, 6.07) is 7.54. The summed E-state index contributed by atoms with van der Waals surface area (Å²) < 4.78 is 39.4. The van der Waals surface area contributed by atoms with Crippen LogP contribution in [0.2, 0.25) is 5.15 Å². The van der Waals surface area contributed by atoms with Crippen molar-refractivity contribution in [3.63, 3.8) is 0 Å². The highest BCUT2D eigenvalue weighted by atomic mass is 35.5. The molecule has 2 aromatic heterocycles. The van der Waals surface area contributed by atoms with Crippen LogP contribution >= 0.6 is 35.6 Å². The van der Waals surface area contributed by atoms with Gasteiger partial charge in [0.15, 0.2) is 29.6 Å². The maximum absolute atomic E-state index is 6.74. The molecule has 0 amide bonds. The van der Waals surface area contributed by atoms with Crippen molar-refractivity contribution < 1.29 is 28.4 Å². The number of hydrogen-bond acceptors (Lipinski definition) is 10. The van der Waals surface area contributed by atoms with Gasteiger partial charge in [-0.25, -0.2) is 9.97 Å². The van der Waals surface area contributed by atoms with Crippen LogP contribution in [0.25, 0.3) is 11.0 Å². The largest absolute Gasteiger partial charge is 0.467 e. The fourth-order valence-electron chi connectivity index (χ4n) is 5.23. The van der Waals surface area contributed by atoms with Crippen LogP contribution in [0.1, 0.15) is 38.7 Å². The molecule has 12 heteroatoms. The van der Waals surface area contributed by atoms with E-state index in [0.717, 1.165) is 10.9 Å². The fraction of sp³-hybridized carbons (Fsp3) is 0.458. The number of benzene rings is 1. The predicted molar refractivity (Wildman–Crippen MR) is 137 cm³/mol. The minimum Gasteiger partial charge on any atom is -0.467 e. The van der Waals surface area contributed by atoms with Crippen LogP contribution in [0.3, 0.4) is 0 Å². The number of rotatable bonds is 4. The van der Waals surface area contributed by atoms with Gasteiger partial charge < -0.3 is 33.0 Å². The highest BCUT2D eigenvalue weighted by molar-refractivity contribution is 8.22. The van der Waals surface area contributed by atoms with Gasteiger partial charge in [-0.3, -0.25) is 0 Å². The van der Waals surface area contributed by atoms with Crippen LogP contribution in [0, 0.1) is 0 Å². The van der Waals surface area contributed by atoms with E-state index in [4.69, 9.17) is 52.2 Å². The Morgan fingerprint density at radius 1 is 1.22 bits per heavy atom. The van der Waals surface area contributed by atoms with Gasteiger partial charge in [0.2, 0.25) is 11.2 Å².